The summed E-state index contributed by atoms with van der Waals surface area (Å²) >= 11 is 0. The molecule has 2 rings (SSSR count). The third kappa shape index (κ3) is 3.40. The van der Waals surface area contributed by atoms with Crippen molar-refractivity contribution < 1.29 is 4.74 Å². The van der Waals surface area contributed by atoms with Crippen LogP contribution in [0, 0.1) is 0 Å². The van der Waals surface area contributed by atoms with Crippen LogP contribution in [-0.4, -0.2) is 43.2 Å². The molecule has 0 saturated carbocycles. The van der Waals surface area contributed by atoms with E-state index in [9.17, 15) is 0 Å². The van der Waals surface area contributed by atoms with Gasteiger partial charge in [-0.25, -0.2) is 9.67 Å². The molecule has 2 aromatic rings. The van der Waals surface area contributed by atoms with Gasteiger partial charge in [0.1, 0.15) is 24.3 Å². The minimum atomic E-state index is 0.0800. The molecule has 0 aliphatic heterocycles. The normalized spacial score (nSPS) is 12.8. The first-order valence-electron chi connectivity index (χ1n) is 6.73. The van der Waals surface area contributed by atoms with Gasteiger partial charge in [0.15, 0.2) is 0 Å². The Balaban J connectivity index is 1.94. The minimum absolute atomic E-state index is 0.0800. The number of methoxy groups -OCH3 is 1. The lowest BCUT2D eigenvalue weighted by Crippen LogP contribution is -2.24. The summed E-state index contributed by atoms with van der Waals surface area (Å²) in [7, 11) is 1.68. The SMILES string of the molecule is CCn1ncnc1CN[C@@H](C)c1nncn1CCOC. The van der Waals surface area contributed by atoms with Crippen LogP contribution in [0.15, 0.2) is 12.7 Å². The van der Waals surface area contributed by atoms with Gasteiger partial charge in [-0.05, 0) is 13.8 Å². The molecule has 0 amide bonds. The molecular weight excluding hydrogens is 258 g/mol. The fraction of sp³-hybridized carbons (Fsp3) is 0.667. The van der Waals surface area contributed by atoms with Crippen LogP contribution in [0.2, 0.25) is 0 Å². The van der Waals surface area contributed by atoms with E-state index in [4.69, 9.17) is 4.74 Å². The second-order valence-electron chi connectivity index (χ2n) is 4.47. The van der Waals surface area contributed by atoms with Crippen molar-refractivity contribution in [3.63, 3.8) is 0 Å². The quantitative estimate of drug-likeness (QED) is 0.752. The summed E-state index contributed by atoms with van der Waals surface area (Å²) in [5, 5.41) is 15.7. The second kappa shape index (κ2) is 7.11. The van der Waals surface area contributed by atoms with Crippen molar-refractivity contribution in [3.8, 4) is 0 Å². The number of aryl methyl sites for hydroxylation is 1. The Hall–Kier alpha value is -1.80. The molecule has 0 aliphatic carbocycles. The van der Waals surface area contributed by atoms with E-state index in [0.29, 0.717) is 13.2 Å². The van der Waals surface area contributed by atoms with Crippen molar-refractivity contribution in [2.75, 3.05) is 13.7 Å². The molecule has 8 heteroatoms. The van der Waals surface area contributed by atoms with Crippen LogP contribution in [0.4, 0.5) is 0 Å². The van der Waals surface area contributed by atoms with E-state index in [-0.39, 0.29) is 6.04 Å². The fourth-order valence-corrected chi connectivity index (χ4v) is 1.99. The maximum Gasteiger partial charge on any atom is 0.149 e. The Bertz CT molecular complexity index is 521. The van der Waals surface area contributed by atoms with Gasteiger partial charge in [0.2, 0.25) is 0 Å². The third-order valence-electron chi connectivity index (χ3n) is 3.13. The van der Waals surface area contributed by atoms with Crippen LogP contribution in [0.5, 0.6) is 0 Å². The summed E-state index contributed by atoms with van der Waals surface area (Å²) in [5.74, 6) is 1.81. The lowest BCUT2D eigenvalue weighted by molar-refractivity contribution is 0.185. The first-order valence-corrected chi connectivity index (χ1v) is 6.73. The molecule has 1 atom stereocenters. The summed E-state index contributed by atoms with van der Waals surface area (Å²) in [6, 6.07) is 0.0800. The Labute approximate surface area is 118 Å². The molecule has 110 valence electrons. The first-order chi connectivity index (χ1) is 9.76. The monoisotopic (exact) mass is 279 g/mol. The molecule has 20 heavy (non-hydrogen) atoms. The van der Waals surface area contributed by atoms with Crippen molar-refractivity contribution >= 4 is 0 Å². The molecule has 1 N–H and O–H groups in total. The van der Waals surface area contributed by atoms with Gasteiger partial charge in [-0.2, -0.15) is 5.10 Å². The van der Waals surface area contributed by atoms with Gasteiger partial charge in [0, 0.05) is 20.2 Å². The molecule has 0 bridgehead atoms. The Morgan fingerprint density at radius 3 is 3.05 bits per heavy atom. The topological polar surface area (TPSA) is 82.7 Å². The van der Waals surface area contributed by atoms with Crippen molar-refractivity contribution in [1.29, 1.82) is 0 Å². The van der Waals surface area contributed by atoms with Crippen molar-refractivity contribution in [3.05, 3.63) is 24.3 Å². The number of ether oxygens (including phenoxy) is 1. The van der Waals surface area contributed by atoms with E-state index in [0.717, 1.165) is 24.7 Å². The van der Waals surface area contributed by atoms with E-state index in [1.54, 1.807) is 19.8 Å². The second-order valence-corrected chi connectivity index (χ2v) is 4.47. The van der Waals surface area contributed by atoms with Crippen LogP contribution in [0.1, 0.15) is 31.5 Å². The van der Waals surface area contributed by atoms with E-state index in [1.807, 2.05) is 16.2 Å². The van der Waals surface area contributed by atoms with E-state index in [1.165, 1.54) is 0 Å². The Kier molecular flexibility index (Phi) is 5.19. The van der Waals surface area contributed by atoms with E-state index in [2.05, 4.69) is 32.5 Å². The number of hydrogen-bond donors (Lipinski definition) is 1. The summed E-state index contributed by atoms with van der Waals surface area (Å²) in [5.41, 5.74) is 0. The number of hydrogen-bond acceptors (Lipinski definition) is 6. The number of nitrogens with zero attached hydrogens (tertiary/aromatic N) is 6. The highest BCUT2D eigenvalue weighted by molar-refractivity contribution is 4.94. The maximum absolute atomic E-state index is 5.08. The van der Waals surface area contributed by atoms with Crippen LogP contribution in [0.25, 0.3) is 0 Å². The Morgan fingerprint density at radius 1 is 1.45 bits per heavy atom. The standard InChI is InChI=1S/C12H21N7O/c1-4-19-11(14-8-16-19)7-13-10(2)12-17-15-9-18(12)5-6-20-3/h8-10,13H,4-7H2,1-3H3/t10-/m0/s1. The van der Waals surface area contributed by atoms with Crippen LogP contribution < -0.4 is 5.32 Å². The van der Waals surface area contributed by atoms with Gasteiger partial charge >= 0.3 is 0 Å². The first kappa shape index (κ1) is 14.6. The molecule has 0 unspecified atom stereocenters. The van der Waals surface area contributed by atoms with Gasteiger partial charge in [-0.15, -0.1) is 10.2 Å². The van der Waals surface area contributed by atoms with E-state index < -0.39 is 0 Å². The number of aromatic nitrogens is 6. The molecule has 0 radical (unpaired) electrons. The molecule has 2 heterocycles. The molecule has 0 spiro atoms. The highest BCUT2D eigenvalue weighted by atomic mass is 16.5. The zero-order valence-corrected chi connectivity index (χ0v) is 12.2. The van der Waals surface area contributed by atoms with Gasteiger partial charge in [0.25, 0.3) is 0 Å². The summed E-state index contributed by atoms with van der Waals surface area (Å²) in [4.78, 5) is 4.24. The molecule has 2 aromatic heterocycles. The molecule has 8 nitrogen and oxygen atoms in total. The number of nitrogens with one attached hydrogen (secondary N) is 1. The fourth-order valence-electron chi connectivity index (χ4n) is 1.99. The smallest absolute Gasteiger partial charge is 0.149 e. The molecule has 0 aromatic carbocycles. The maximum atomic E-state index is 5.08. The Morgan fingerprint density at radius 2 is 2.30 bits per heavy atom. The molecule has 0 fully saturated rings. The largest absolute Gasteiger partial charge is 0.383 e. The number of rotatable bonds is 8. The average Bonchev–Trinajstić information content (AvgIpc) is 3.10. The zero-order valence-electron chi connectivity index (χ0n) is 12.2. The molecule has 0 aliphatic rings. The molecular formula is C12H21N7O. The van der Waals surface area contributed by atoms with Crippen molar-refractivity contribution in [2.45, 2.75) is 39.5 Å². The lowest BCUT2D eigenvalue weighted by Gasteiger charge is -2.14. The average molecular weight is 279 g/mol. The van der Waals surface area contributed by atoms with Gasteiger partial charge in [-0.3, -0.25) is 0 Å². The molecule has 0 saturated heterocycles. The summed E-state index contributed by atoms with van der Waals surface area (Å²) in [6.45, 7) is 6.95. The van der Waals surface area contributed by atoms with E-state index >= 15 is 0 Å². The minimum Gasteiger partial charge on any atom is -0.383 e. The third-order valence-corrected chi connectivity index (χ3v) is 3.13. The van der Waals surface area contributed by atoms with Crippen LogP contribution in [-0.2, 0) is 24.4 Å². The highest BCUT2D eigenvalue weighted by Gasteiger charge is 2.13. The summed E-state index contributed by atoms with van der Waals surface area (Å²) in [6.07, 6.45) is 3.30. The predicted molar refractivity (Wildman–Crippen MR) is 72.8 cm³/mol. The lowest BCUT2D eigenvalue weighted by atomic mass is 10.3. The van der Waals surface area contributed by atoms with Crippen molar-refractivity contribution in [1.82, 2.24) is 34.8 Å². The highest BCUT2D eigenvalue weighted by Crippen LogP contribution is 2.09. The predicted octanol–water partition coefficient (Wildman–Crippen LogP) is 0.387. The van der Waals surface area contributed by atoms with Gasteiger partial charge in [-0.1, -0.05) is 0 Å². The van der Waals surface area contributed by atoms with Crippen LogP contribution in [0.3, 0.4) is 0 Å². The zero-order chi connectivity index (χ0) is 14.4. The van der Waals surface area contributed by atoms with Gasteiger partial charge in [0.05, 0.1) is 19.2 Å². The van der Waals surface area contributed by atoms with Gasteiger partial charge < -0.3 is 14.6 Å². The summed E-state index contributed by atoms with van der Waals surface area (Å²) < 4.78 is 8.94. The van der Waals surface area contributed by atoms with Crippen molar-refractivity contribution in [2.24, 2.45) is 0 Å². The van der Waals surface area contributed by atoms with Crippen LogP contribution >= 0.6 is 0 Å².